The molecule has 0 bridgehead atoms. The molecule has 1 atom stereocenters. The Morgan fingerprint density at radius 2 is 2.03 bits per heavy atom. The number of nitrogens with one attached hydrogen (secondary N) is 1. The Morgan fingerprint density at radius 1 is 1.22 bits per heavy atom. The van der Waals surface area contributed by atoms with E-state index in [9.17, 15) is 14.9 Å². The van der Waals surface area contributed by atoms with Gasteiger partial charge < -0.3 is 14.8 Å². The number of carbonyl (C=O) groups excluding carboxylic acids is 1. The lowest BCUT2D eigenvalue weighted by atomic mass is 10.0. The van der Waals surface area contributed by atoms with Crippen LogP contribution in [0.1, 0.15) is 51.3 Å². The normalized spacial score (nSPS) is 11.5. The van der Waals surface area contributed by atoms with Crippen LogP contribution in [0.5, 0.6) is 11.5 Å². The van der Waals surface area contributed by atoms with E-state index in [2.05, 4.69) is 42.5 Å². The minimum Gasteiger partial charge on any atom is -0.493 e. The molecular weight excluding hydrogens is 474 g/mol. The Hall–Kier alpha value is -4.21. The van der Waals surface area contributed by atoms with E-state index in [-0.39, 0.29) is 18.2 Å². The molecule has 1 aromatic heterocycles. The van der Waals surface area contributed by atoms with Gasteiger partial charge in [0.05, 0.1) is 23.9 Å². The number of benzene rings is 2. The van der Waals surface area contributed by atoms with Gasteiger partial charge in [0.2, 0.25) is 5.91 Å². The number of nitro benzene ring substituents is 1. The minimum atomic E-state index is -0.459. The first-order valence-corrected chi connectivity index (χ1v) is 12.1. The Morgan fingerprint density at radius 3 is 2.76 bits per heavy atom. The summed E-state index contributed by atoms with van der Waals surface area (Å²) < 4.78 is 12.8. The zero-order valence-electron chi connectivity index (χ0n) is 21.6. The van der Waals surface area contributed by atoms with Crippen molar-refractivity contribution < 1.29 is 19.2 Å². The number of amides is 1. The van der Waals surface area contributed by atoms with Crippen molar-refractivity contribution in [1.29, 1.82) is 0 Å². The molecule has 1 heterocycles. The maximum absolute atomic E-state index is 12.3. The topological polar surface area (TPSA) is 121 Å². The number of allylic oxidation sites excluding steroid dienone is 2. The molecule has 10 heteroatoms. The molecular formula is C27H33N5O5. The molecule has 3 aromatic rings. The number of nitro groups is 1. The summed E-state index contributed by atoms with van der Waals surface area (Å²) in [7, 11) is 1.55. The fourth-order valence-electron chi connectivity index (χ4n) is 3.68. The second-order valence-corrected chi connectivity index (χ2v) is 9.15. The molecule has 196 valence electrons. The second-order valence-electron chi connectivity index (χ2n) is 9.15. The van der Waals surface area contributed by atoms with Gasteiger partial charge in [-0.05, 0) is 56.4 Å². The molecule has 0 unspecified atom stereocenters. The SMILES string of the molecule is COc1cc(CNC(=O)C[C@H](C)CCC=C(C)C)ccc1OCc1cn(-c2cccc([N+](=O)[O-])c2)nn1. The second kappa shape index (κ2) is 13.2. The minimum absolute atomic E-state index is 0.0239. The molecule has 1 N–H and O–H groups in total. The summed E-state index contributed by atoms with van der Waals surface area (Å²) in [6, 6.07) is 11.6. The third-order valence-corrected chi connectivity index (χ3v) is 5.69. The Balaban J connectivity index is 1.53. The molecule has 2 aromatic carbocycles. The monoisotopic (exact) mass is 507 g/mol. The molecule has 0 aliphatic carbocycles. The molecule has 10 nitrogen and oxygen atoms in total. The number of nitrogens with zero attached hydrogens (tertiary/aromatic N) is 4. The van der Waals surface area contributed by atoms with E-state index >= 15 is 0 Å². The number of ether oxygens (including phenoxy) is 2. The highest BCUT2D eigenvalue weighted by atomic mass is 16.6. The van der Waals surface area contributed by atoms with Gasteiger partial charge in [0, 0.05) is 25.1 Å². The van der Waals surface area contributed by atoms with Gasteiger partial charge in [-0.25, -0.2) is 4.68 Å². The smallest absolute Gasteiger partial charge is 0.271 e. The first kappa shape index (κ1) is 27.4. The largest absolute Gasteiger partial charge is 0.493 e. The van der Waals surface area contributed by atoms with Crippen molar-refractivity contribution in [2.75, 3.05) is 7.11 Å². The van der Waals surface area contributed by atoms with Gasteiger partial charge in [-0.2, -0.15) is 0 Å². The van der Waals surface area contributed by atoms with E-state index in [4.69, 9.17) is 9.47 Å². The maximum Gasteiger partial charge on any atom is 0.271 e. The van der Waals surface area contributed by atoms with Crippen LogP contribution in [0.4, 0.5) is 5.69 Å². The van der Waals surface area contributed by atoms with Crippen molar-refractivity contribution >= 4 is 11.6 Å². The van der Waals surface area contributed by atoms with Gasteiger partial charge in [0.15, 0.2) is 11.5 Å². The zero-order chi connectivity index (χ0) is 26.8. The van der Waals surface area contributed by atoms with Crippen molar-refractivity contribution in [1.82, 2.24) is 20.3 Å². The van der Waals surface area contributed by atoms with Crippen molar-refractivity contribution in [2.24, 2.45) is 5.92 Å². The van der Waals surface area contributed by atoms with Gasteiger partial charge in [-0.1, -0.05) is 35.9 Å². The first-order chi connectivity index (χ1) is 17.7. The summed E-state index contributed by atoms with van der Waals surface area (Å²) >= 11 is 0. The first-order valence-electron chi connectivity index (χ1n) is 12.1. The van der Waals surface area contributed by atoms with Gasteiger partial charge in [-0.3, -0.25) is 14.9 Å². The number of rotatable bonds is 13. The third kappa shape index (κ3) is 8.45. The Kier molecular flexibility index (Phi) is 9.76. The molecule has 0 radical (unpaired) electrons. The molecule has 0 aliphatic rings. The molecule has 3 rings (SSSR count). The van der Waals surface area contributed by atoms with Crippen LogP contribution < -0.4 is 14.8 Å². The molecule has 37 heavy (non-hydrogen) atoms. The van der Waals surface area contributed by atoms with Crippen LogP contribution in [0.25, 0.3) is 5.69 Å². The Bertz CT molecular complexity index is 1250. The van der Waals surface area contributed by atoms with Gasteiger partial charge in [0.1, 0.15) is 12.3 Å². The highest BCUT2D eigenvalue weighted by Crippen LogP contribution is 2.29. The van der Waals surface area contributed by atoms with E-state index < -0.39 is 4.92 Å². The number of aromatic nitrogens is 3. The van der Waals surface area contributed by atoms with E-state index in [0.717, 1.165) is 18.4 Å². The van der Waals surface area contributed by atoms with Crippen molar-refractivity contribution in [3.05, 3.63) is 81.7 Å². The summed E-state index contributed by atoms with van der Waals surface area (Å²) in [4.78, 5) is 22.9. The predicted octanol–water partition coefficient (Wildman–Crippen LogP) is 5.15. The summed E-state index contributed by atoms with van der Waals surface area (Å²) in [5, 5.41) is 22.1. The molecule has 0 spiro atoms. The number of hydrogen-bond acceptors (Lipinski definition) is 7. The quantitative estimate of drug-likeness (QED) is 0.193. The van der Waals surface area contributed by atoms with E-state index in [1.165, 1.54) is 22.4 Å². The summed E-state index contributed by atoms with van der Waals surface area (Å²) in [6.45, 7) is 6.78. The van der Waals surface area contributed by atoms with Crippen LogP contribution >= 0.6 is 0 Å². The number of hydrogen-bond donors (Lipinski definition) is 1. The average Bonchev–Trinajstić information content (AvgIpc) is 3.35. The van der Waals surface area contributed by atoms with Crippen LogP contribution in [-0.4, -0.2) is 32.9 Å². The molecule has 0 fully saturated rings. The van der Waals surface area contributed by atoms with Gasteiger partial charge in [-0.15, -0.1) is 5.10 Å². The van der Waals surface area contributed by atoms with Crippen LogP contribution in [0, 0.1) is 16.0 Å². The van der Waals surface area contributed by atoms with E-state index in [0.29, 0.717) is 41.8 Å². The third-order valence-electron chi connectivity index (χ3n) is 5.69. The maximum atomic E-state index is 12.3. The standard InChI is InChI=1S/C27H33N5O5/c1-19(2)7-5-8-20(3)13-27(33)28-16-21-11-12-25(26(14-21)36-4)37-18-22-17-31(30-29-22)23-9-6-10-24(15-23)32(34)35/h6-7,9-12,14-15,17,20H,5,8,13,16,18H2,1-4H3,(H,28,33)/t20-/m1/s1. The lowest BCUT2D eigenvalue weighted by Gasteiger charge is -2.13. The summed E-state index contributed by atoms with van der Waals surface area (Å²) in [5.74, 6) is 1.40. The number of non-ortho nitro benzene ring substituents is 1. The highest BCUT2D eigenvalue weighted by molar-refractivity contribution is 5.76. The van der Waals surface area contributed by atoms with Crippen molar-refractivity contribution in [2.45, 2.75) is 53.2 Å². The van der Waals surface area contributed by atoms with Crippen molar-refractivity contribution in [3.63, 3.8) is 0 Å². The number of carbonyl (C=O) groups is 1. The van der Waals surface area contributed by atoms with Crippen LogP contribution in [0.15, 0.2) is 60.3 Å². The predicted molar refractivity (Wildman–Crippen MR) is 140 cm³/mol. The summed E-state index contributed by atoms with van der Waals surface area (Å²) in [5.41, 5.74) is 3.24. The van der Waals surface area contributed by atoms with Gasteiger partial charge in [0.25, 0.3) is 5.69 Å². The lowest BCUT2D eigenvalue weighted by Crippen LogP contribution is -2.24. The fraction of sp³-hybridized carbons (Fsp3) is 0.370. The van der Waals surface area contributed by atoms with Gasteiger partial charge >= 0.3 is 0 Å². The highest BCUT2D eigenvalue weighted by Gasteiger charge is 2.12. The van der Waals surface area contributed by atoms with Crippen LogP contribution in [0.2, 0.25) is 0 Å². The lowest BCUT2D eigenvalue weighted by molar-refractivity contribution is -0.384. The average molecular weight is 508 g/mol. The van der Waals surface area contributed by atoms with E-state index in [1.54, 1.807) is 31.5 Å². The number of methoxy groups -OCH3 is 1. The molecule has 0 saturated heterocycles. The molecule has 0 aliphatic heterocycles. The van der Waals surface area contributed by atoms with Crippen LogP contribution in [0.3, 0.4) is 0 Å². The summed E-state index contributed by atoms with van der Waals surface area (Å²) in [6.07, 6.45) is 6.31. The van der Waals surface area contributed by atoms with Crippen LogP contribution in [-0.2, 0) is 17.9 Å². The Labute approximate surface area is 216 Å². The molecule has 1 amide bonds. The fourth-order valence-corrected chi connectivity index (χ4v) is 3.68. The zero-order valence-corrected chi connectivity index (χ0v) is 21.6. The van der Waals surface area contributed by atoms with Crippen molar-refractivity contribution in [3.8, 4) is 17.2 Å². The van der Waals surface area contributed by atoms with E-state index in [1.807, 2.05) is 12.1 Å². The molecule has 0 saturated carbocycles.